The highest BCUT2D eigenvalue weighted by atomic mass is 16.5. The fraction of sp³-hybridized carbons (Fsp3) is 0.562. The summed E-state index contributed by atoms with van der Waals surface area (Å²) in [6.45, 7) is 3.19. The summed E-state index contributed by atoms with van der Waals surface area (Å²) < 4.78 is 5.91. The number of ether oxygens (including phenoxy) is 1. The third-order valence-electron chi connectivity index (χ3n) is 3.71. The van der Waals surface area contributed by atoms with Gasteiger partial charge in [0.05, 0.1) is 6.10 Å². The van der Waals surface area contributed by atoms with Crippen LogP contribution in [0.3, 0.4) is 0 Å². The fourth-order valence-electron chi connectivity index (χ4n) is 2.36. The molecule has 1 unspecified atom stereocenters. The number of rotatable bonds is 6. The first-order valence-electron chi connectivity index (χ1n) is 7.44. The Morgan fingerprint density at radius 1 is 1.45 bits per heavy atom. The molecule has 1 aromatic carbocycles. The maximum atomic E-state index is 12.0. The van der Waals surface area contributed by atoms with Crippen LogP contribution in [0.1, 0.15) is 43.0 Å². The van der Waals surface area contributed by atoms with E-state index < -0.39 is 0 Å². The number of amides is 1. The van der Waals surface area contributed by atoms with Crippen molar-refractivity contribution < 1.29 is 9.53 Å². The first-order valence-corrected chi connectivity index (χ1v) is 7.44. The molecule has 1 fully saturated rings. The SMILES string of the molecule is CC(CN)CNC(=O)c1cccc(OC2CCCC2)c1. The van der Waals surface area contributed by atoms with Gasteiger partial charge in [0.15, 0.2) is 0 Å². The van der Waals surface area contributed by atoms with Gasteiger partial charge >= 0.3 is 0 Å². The van der Waals surface area contributed by atoms with Gasteiger partial charge in [-0.05, 0) is 56.3 Å². The molecule has 4 nitrogen and oxygen atoms in total. The molecule has 110 valence electrons. The maximum absolute atomic E-state index is 12.0. The average Bonchev–Trinajstić information content (AvgIpc) is 2.97. The van der Waals surface area contributed by atoms with Crippen molar-refractivity contribution in [1.82, 2.24) is 5.32 Å². The van der Waals surface area contributed by atoms with Crippen LogP contribution in [-0.4, -0.2) is 25.1 Å². The second-order valence-electron chi connectivity index (χ2n) is 5.60. The largest absolute Gasteiger partial charge is 0.490 e. The van der Waals surface area contributed by atoms with E-state index in [0.29, 0.717) is 24.8 Å². The number of carbonyl (C=O) groups excluding carboxylic acids is 1. The van der Waals surface area contributed by atoms with E-state index in [1.807, 2.05) is 31.2 Å². The van der Waals surface area contributed by atoms with E-state index in [2.05, 4.69) is 5.32 Å². The van der Waals surface area contributed by atoms with Gasteiger partial charge in [-0.3, -0.25) is 4.79 Å². The third-order valence-corrected chi connectivity index (χ3v) is 3.71. The molecule has 1 aromatic rings. The van der Waals surface area contributed by atoms with Crippen LogP contribution in [0.2, 0.25) is 0 Å². The van der Waals surface area contributed by atoms with Crippen LogP contribution in [0.15, 0.2) is 24.3 Å². The fourth-order valence-corrected chi connectivity index (χ4v) is 2.36. The van der Waals surface area contributed by atoms with Crippen LogP contribution in [0.25, 0.3) is 0 Å². The van der Waals surface area contributed by atoms with E-state index in [-0.39, 0.29) is 11.8 Å². The van der Waals surface area contributed by atoms with Crippen molar-refractivity contribution >= 4 is 5.91 Å². The smallest absolute Gasteiger partial charge is 0.251 e. The number of hydrogen-bond acceptors (Lipinski definition) is 3. The van der Waals surface area contributed by atoms with E-state index >= 15 is 0 Å². The molecule has 1 atom stereocenters. The highest BCUT2D eigenvalue weighted by Crippen LogP contribution is 2.24. The van der Waals surface area contributed by atoms with Crippen molar-refractivity contribution in [2.24, 2.45) is 11.7 Å². The Bertz CT molecular complexity index is 442. The minimum atomic E-state index is -0.0674. The number of benzene rings is 1. The molecular weight excluding hydrogens is 252 g/mol. The predicted molar refractivity (Wildman–Crippen MR) is 79.9 cm³/mol. The molecule has 4 heteroatoms. The van der Waals surface area contributed by atoms with Gasteiger partial charge < -0.3 is 15.8 Å². The predicted octanol–water partition coefficient (Wildman–Crippen LogP) is 2.33. The summed E-state index contributed by atoms with van der Waals surface area (Å²) in [6, 6.07) is 7.41. The van der Waals surface area contributed by atoms with Gasteiger partial charge in [0, 0.05) is 12.1 Å². The van der Waals surface area contributed by atoms with Crippen LogP contribution in [0, 0.1) is 5.92 Å². The third kappa shape index (κ3) is 4.23. The highest BCUT2D eigenvalue weighted by molar-refractivity contribution is 5.94. The molecule has 0 aromatic heterocycles. The lowest BCUT2D eigenvalue weighted by atomic mass is 10.1. The summed E-state index contributed by atoms with van der Waals surface area (Å²) in [5.74, 6) is 1.01. The Morgan fingerprint density at radius 2 is 2.20 bits per heavy atom. The first kappa shape index (κ1) is 14.9. The van der Waals surface area contributed by atoms with Crippen molar-refractivity contribution in [2.45, 2.75) is 38.7 Å². The quantitative estimate of drug-likeness (QED) is 0.838. The summed E-state index contributed by atoms with van der Waals surface area (Å²) in [6.07, 6.45) is 5.02. The zero-order valence-corrected chi connectivity index (χ0v) is 12.1. The summed E-state index contributed by atoms with van der Waals surface area (Å²) in [5.41, 5.74) is 6.18. The van der Waals surface area contributed by atoms with Crippen molar-refractivity contribution in [3.8, 4) is 5.75 Å². The molecule has 0 saturated heterocycles. The van der Waals surface area contributed by atoms with Crippen LogP contribution in [-0.2, 0) is 0 Å². The minimum Gasteiger partial charge on any atom is -0.490 e. The first-order chi connectivity index (χ1) is 9.69. The number of carbonyl (C=O) groups is 1. The second kappa shape index (κ2) is 7.29. The molecule has 20 heavy (non-hydrogen) atoms. The number of nitrogens with two attached hydrogens (primary N) is 1. The maximum Gasteiger partial charge on any atom is 0.251 e. The standard InChI is InChI=1S/C16H24N2O2/c1-12(10-17)11-18-16(19)13-5-4-8-15(9-13)20-14-6-2-3-7-14/h4-5,8-9,12,14H,2-3,6-7,10-11,17H2,1H3,(H,18,19). The lowest BCUT2D eigenvalue weighted by Crippen LogP contribution is -2.31. The molecule has 1 aliphatic rings. The normalized spacial score (nSPS) is 16.9. The lowest BCUT2D eigenvalue weighted by molar-refractivity contribution is 0.0947. The molecule has 0 bridgehead atoms. The molecule has 1 amide bonds. The molecule has 3 N–H and O–H groups in total. The van der Waals surface area contributed by atoms with E-state index in [9.17, 15) is 4.79 Å². The Labute approximate surface area is 120 Å². The Hall–Kier alpha value is -1.55. The molecule has 1 saturated carbocycles. The van der Waals surface area contributed by atoms with Gasteiger partial charge in [-0.2, -0.15) is 0 Å². The van der Waals surface area contributed by atoms with Crippen LogP contribution >= 0.6 is 0 Å². The van der Waals surface area contributed by atoms with E-state index in [1.165, 1.54) is 12.8 Å². The molecule has 0 radical (unpaired) electrons. The van der Waals surface area contributed by atoms with Gasteiger partial charge in [0.25, 0.3) is 5.91 Å². The minimum absolute atomic E-state index is 0.0674. The summed E-state index contributed by atoms with van der Waals surface area (Å²) in [4.78, 5) is 12.0. The molecule has 0 heterocycles. The van der Waals surface area contributed by atoms with Gasteiger partial charge in [0.2, 0.25) is 0 Å². The molecular formula is C16H24N2O2. The zero-order chi connectivity index (χ0) is 14.4. The van der Waals surface area contributed by atoms with Crippen LogP contribution in [0.5, 0.6) is 5.75 Å². The van der Waals surface area contributed by atoms with Crippen molar-refractivity contribution in [1.29, 1.82) is 0 Å². The van der Waals surface area contributed by atoms with E-state index in [1.54, 1.807) is 0 Å². The molecule has 2 rings (SSSR count). The van der Waals surface area contributed by atoms with E-state index in [4.69, 9.17) is 10.5 Å². The summed E-state index contributed by atoms with van der Waals surface area (Å²) >= 11 is 0. The topological polar surface area (TPSA) is 64.3 Å². The van der Waals surface area contributed by atoms with Crippen molar-refractivity contribution in [2.75, 3.05) is 13.1 Å². The van der Waals surface area contributed by atoms with E-state index in [0.717, 1.165) is 18.6 Å². The van der Waals surface area contributed by atoms with Crippen LogP contribution in [0.4, 0.5) is 0 Å². The van der Waals surface area contributed by atoms with Crippen molar-refractivity contribution in [3.63, 3.8) is 0 Å². The Kier molecular flexibility index (Phi) is 5.41. The lowest BCUT2D eigenvalue weighted by Gasteiger charge is -2.14. The van der Waals surface area contributed by atoms with Gasteiger partial charge in [-0.15, -0.1) is 0 Å². The second-order valence-corrected chi connectivity index (χ2v) is 5.60. The van der Waals surface area contributed by atoms with Gasteiger partial charge in [0.1, 0.15) is 5.75 Å². The summed E-state index contributed by atoms with van der Waals surface area (Å²) in [7, 11) is 0. The zero-order valence-electron chi connectivity index (χ0n) is 12.1. The molecule has 1 aliphatic carbocycles. The molecule has 0 spiro atoms. The van der Waals surface area contributed by atoms with Crippen molar-refractivity contribution in [3.05, 3.63) is 29.8 Å². The highest BCUT2D eigenvalue weighted by Gasteiger charge is 2.17. The molecule has 0 aliphatic heterocycles. The van der Waals surface area contributed by atoms with Crippen LogP contribution < -0.4 is 15.8 Å². The number of hydrogen-bond donors (Lipinski definition) is 2. The monoisotopic (exact) mass is 276 g/mol. The Morgan fingerprint density at radius 3 is 2.90 bits per heavy atom. The van der Waals surface area contributed by atoms with Gasteiger partial charge in [-0.25, -0.2) is 0 Å². The average molecular weight is 276 g/mol. The summed E-state index contributed by atoms with van der Waals surface area (Å²) in [5, 5.41) is 2.90. The number of nitrogens with one attached hydrogen (secondary N) is 1. The Balaban J connectivity index is 1.92. The van der Waals surface area contributed by atoms with Gasteiger partial charge in [-0.1, -0.05) is 13.0 Å².